The molecule has 0 bridgehead atoms. The molecule has 0 amide bonds. The number of esters is 1. The molecule has 2 aromatic rings. The lowest BCUT2D eigenvalue weighted by molar-refractivity contribution is -0.385. The summed E-state index contributed by atoms with van der Waals surface area (Å²) in [5, 5.41) is 10.9. The van der Waals surface area contributed by atoms with Crippen LogP contribution >= 0.6 is 0 Å². The number of nitrogens with zero attached hydrogens (tertiary/aromatic N) is 1. The van der Waals surface area contributed by atoms with E-state index in [9.17, 15) is 14.9 Å². The van der Waals surface area contributed by atoms with Crippen LogP contribution in [-0.2, 0) is 0 Å². The lowest BCUT2D eigenvalue weighted by atomic mass is 10.1. The van der Waals surface area contributed by atoms with Gasteiger partial charge in [0.15, 0.2) is 0 Å². The Kier molecular flexibility index (Phi) is 3.79. The van der Waals surface area contributed by atoms with Crippen molar-refractivity contribution in [3.05, 3.63) is 69.3 Å². The third-order valence-corrected chi connectivity index (χ3v) is 2.94. The van der Waals surface area contributed by atoms with E-state index < -0.39 is 10.9 Å². The monoisotopic (exact) mass is 271 g/mol. The minimum absolute atomic E-state index is 0.0933. The summed E-state index contributed by atoms with van der Waals surface area (Å²) < 4.78 is 5.24. The Morgan fingerprint density at radius 1 is 1.10 bits per heavy atom. The van der Waals surface area contributed by atoms with Crippen LogP contribution in [0.5, 0.6) is 5.75 Å². The van der Waals surface area contributed by atoms with Gasteiger partial charge in [0, 0.05) is 11.6 Å². The van der Waals surface area contributed by atoms with Crippen molar-refractivity contribution in [3.8, 4) is 5.75 Å². The van der Waals surface area contributed by atoms with Crippen LogP contribution in [0.3, 0.4) is 0 Å². The summed E-state index contributed by atoms with van der Waals surface area (Å²) in [7, 11) is 0. The van der Waals surface area contributed by atoms with Gasteiger partial charge in [-0.1, -0.05) is 24.3 Å². The Morgan fingerprint density at radius 3 is 2.45 bits per heavy atom. The first-order valence-electron chi connectivity index (χ1n) is 6.02. The molecule has 0 saturated carbocycles. The summed E-state index contributed by atoms with van der Waals surface area (Å²) >= 11 is 0. The number of ether oxygens (including phenoxy) is 1. The summed E-state index contributed by atoms with van der Waals surface area (Å²) in [5.74, 6) is -0.164. The molecule has 0 N–H and O–H groups in total. The molecule has 20 heavy (non-hydrogen) atoms. The maximum Gasteiger partial charge on any atom is 0.343 e. The molecule has 102 valence electrons. The lowest BCUT2D eigenvalue weighted by Crippen LogP contribution is -2.10. The maximum atomic E-state index is 12.0. The van der Waals surface area contributed by atoms with Gasteiger partial charge in [0.05, 0.1) is 10.5 Å². The van der Waals surface area contributed by atoms with Crippen LogP contribution in [0.4, 0.5) is 5.69 Å². The molecule has 0 fully saturated rings. The molecule has 0 heterocycles. The molecule has 0 atom stereocenters. The molecular formula is C15H13NO4. The van der Waals surface area contributed by atoms with E-state index in [0.717, 1.165) is 5.56 Å². The largest absolute Gasteiger partial charge is 0.423 e. The fourth-order valence-electron chi connectivity index (χ4n) is 1.76. The van der Waals surface area contributed by atoms with Crippen molar-refractivity contribution in [2.24, 2.45) is 0 Å². The van der Waals surface area contributed by atoms with Crippen molar-refractivity contribution in [1.82, 2.24) is 0 Å². The van der Waals surface area contributed by atoms with Crippen molar-refractivity contribution < 1.29 is 14.5 Å². The number of rotatable bonds is 3. The van der Waals surface area contributed by atoms with Crippen molar-refractivity contribution in [2.45, 2.75) is 13.8 Å². The average Bonchev–Trinajstić information content (AvgIpc) is 2.41. The van der Waals surface area contributed by atoms with E-state index in [1.807, 2.05) is 19.1 Å². The molecule has 5 heteroatoms. The second-order valence-electron chi connectivity index (χ2n) is 4.41. The Labute approximate surface area is 116 Å². The molecule has 2 aromatic carbocycles. The fraction of sp³-hybridized carbons (Fsp3) is 0.133. The Balaban J connectivity index is 2.28. The highest BCUT2D eigenvalue weighted by atomic mass is 16.6. The second-order valence-corrected chi connectivity index (χ2v) is 4.41. The minimum Gasteiger partial charge on any atom is -0.423 e. The predicted molar refractivity (Wildman–Crippen MR) is 74.0 cm³/mol. The molecular weight excluding hydrogens is 258 g/mol. The SMILES string of the molecule is Cc1ccccc1OC(=O)c1ccc(C)c([N+](=O)[O-])c1. The smallest absolute Gasteiger partial charge is 0.343 e. The first-order valence-corrected chi connectivity index (χ1v) is 6.02. The highest BCUT2D eigenvalue weighted by Gasteiger charge is 2.16. The van der Waals surface area contributed by atoms with Crippen molar-refractivity contribution in [2.75, 3.05) is 0 Å². The fourth-order valence-corrected chi connectivity index (χ4v) is 1.76. The van der Waals surface area contributed by atoms with E-state index in [2.05, 4.69) is 0 Å². The first-order chi connectivity index (χ1) is 9.49. The summed E-state index contributed by atoms with van der Waals surface area (Å²) in [6.07, 6.45) is 0. The quantitative estimate of drug-likeness (QED) is 0.371. The maximum absolute atomic E-state index is 12.0. The van der Waals surface area contributed by atoms with Crippen LogP contribution in [0.2, 0.25) is 0 Å². The summed E-state index contributed by atoms with van der Waals surface area (Å²) in [5.41, 5.74) is 1.39. The molecule has 0 aliphatic heterocycles. The second kappa shape index (κ2) is 5.52. The van der Waals surface area contributed by atoms with Gasteiger partial charge >= 0.3 is 5.97 Å². The molecule has 0 aromatic heterocycles. The molecule has 5 nitrogen and oxygen atoms in total. The van der Waals surface area contributed by atoms with E-state index in [4.69, 9.17) is 4.74 Å². The van der Waals surface area contributed by atoms with Gasteiger partial charge in [-0.3, -0.25) is 10.1 Å². The number of carbonyl (C=O) groups is 1. The van der Waals surface area contributed by atoms with Crippen LogP contribution in [0.15, 0.2) is 42.5 Å². The standard InChI is InChI=1S/C15H13NO4/c1-10-7-8-12(9-13(10)16(18)19)15(17)20-14-6-4-3-5-11(14)2/h3-9H,1-2H3. The van der Waals surface area contributed by atoms with E-state index in [0.29, 0.717) is 11.3 Å². The minimum atomic E-state index is -0.609. The van der Waals surface area contributed by atoms with Crippen LogP contribution in [0.25, 0.3) is 0 Å². The van der Waals surface area contributed by atoms with Gasteiger partial charge < -0.3 is 4.74 Å². The molecule has 0 unspecified atom stereocenters. The molecule has 0 aliphatic rings. The number of carbonyl (C=O) groups excluding carboxylic acids is 1. The van der Waals surface area contributed by atoms with Crippen molar-refractivity contribution in [1.29, 1.82) is 0 Å². The van der Waals surface area contributed by atoms with Gasteiger partial charge in [-0.25, -0.2) is 4.79 Å². The number of benzene rings is 2. The van der Waals surface area contributed by atoms with E-state index >= 15 is 0 Å². The number of para-hydroxylation sites is 1. The predicted octanol–water partition coefficient (Wildman–Crippen LogP) is 3.43. The van der Waals surface area contributed by atoms with Crippen LogP contribution in [0, 0.1) is 24.0 Å². The highest BCUT2D eigenvalue weighted by Crippen LogP contribution is 2.22. The van der Waals surface area contributed by atoms with Gasteiger partial charge in [-0.2, -0.15) is 0 Å². The van der Waals surface area contributed by atoms with Crippen LogP contribution < -0.4 is 4.74 Å². The Bertz CT molecular complexity index is 679. The van der Waals surface area contributed by atoms with Crippen molar-refractivity contribution >= 4 is 11.7 Å². The topological polar surface area (TPSA) is 69.4 Å². The average molecular weight is 271 g/mol. The third kappa shape index (κ3) is 2.83. The first kappa shape index (κ1) is 13.7. The number of nitro groups is 1. The third-order valence-electron chi connectivity index (χ3n) is 2.94. The van der Waals surface area contributed by atoms with Crippen LogP contribution in [0.1, 0.15) is 21.5 Å². The molecule has 0 radical (unpaired) electrons. The summed E-state index contributed by atoms with van der Waals surface area (Å²) in [6.45, 7) is 3.44. The lowest BCUT2D eigenvalue weighted by Gasteiger charge is -2.07. The zero-order valence-corrected chi connectivity index (χ0v) is 11.1. The van der Waals surface area contributed by atoms with E-state index in [1.54, 1.807) is 19.1 Å². The van der Waals surface area contributed by atoms with Crippen molar-refractivity contribution in [3.63, 3.8) is 0 Å². The van der Waals surface area contributed by atoms with E-state index in [-0.39, 0.29) is 11.3 Å². The number of nitro benzene ring substituents is 1. The Morgan fingerprint density at radius 2 is 1.80 bits per heavy atom. The summed E-state index contributed by atoms with van der Waals surface area (Å²) in [6, 6.07) is 11.4. The van der Waals surface area contributed by atoms with Gasteiger partial charge in [0.25, 0.3) is 5.69 Å². The molecule has 0 aliphatic carbocycles. The Hall–Kier alpha value is -2.69. The molecule has 0 spiro atoms. The number of hydrogen-bond donors (Lipinski definition) is 0. The van der Waals surface area contributed by atoms with Gasteiger partial charge in [0.2, 0.25) is 0 Å². The number of aryl methyl sites for hydroxylation is 2. The van der Waals surface area contributed by atoms with Gasteiger partial charge in [0.1, 0.15) is 5.75 Å². The number of hydrogen-bond acceptors (Lipinski definition) is 4. The highest BCUT2D eigenvalue weighted by molar-refractivity contribution is 5.92. The zero-order valence-electron chi connectivity index (χ0n) is 11.1. The van der Waals surface area contributed by atoms with Crippen LogP contribution in [-0.4, -0.2) is 10.9 Å². The molecule has 0 saturated heterocycles. The summed E-state index contributed by atoms with van der Waals surface area (Å²) in [4.78, 5) is 22.4. The zero-order chi connectivity index (χ0) is 14.7. The van der Waals surface area contributed by atoms with Gasteiger partial charge in [-0.05, 0) is 31.5 Å². The van der Waals surface area contributed by atoms with E-state index in [1.165, 1.54) is 18.2 Å². The normalized spacial score (nSPS) is 10.1. The van der Waals surface area contributed by atoms with Gasteiger partial charge in [-0.15, -0.1) is 0 Å². The molecule has 2 rings (SSSR count).